The van der Waals surface area contributed by atoms with E-state index in [0.29, 0.717) is 11.3 Å². The van der Waals surface area contributed by atoms with Gasteiger partial charge in [-0.25, -0.2) is 8.78 Å². The van der Waals surface area contributed by atoms with Crippen LogP contribution in [0.2, 0.25) is 0 Å². The summed E-state index contributed by atoms with van der Waals surface area (Å²) in [5, 5.41) is 2.82. The Morgan fingerprint density at radius 1 is 0.839 bits per heavy atom. The van der Waals surface area contributed by atoms with E-state index < -0.39 is 0 Å². The minimum atomic E-state index is -0.314. The maximum absolute atomic E-state index is 14.0. The van der Waals surface area contributed by atoms with Gasteiger partial charge in [0.2, 0.25) is 0 Å². The van der Waals surface area contributed by atoms with Crippen molar-refractivity contribution in [2.45, 2.75) is 13.1 Å². The van der Waals surface area contributed by atoms with E-state index in [1.165, 1.54) is 18.2 Å². The number of rotatable bonds is 6. The molecule has 0 atom stereocenters. The number of carbonyl (C=O) groups excluding carboxylic acids is 1. The summed E-state index contributed by atoms with van der Waals surface area (Å²) in [6.45, 7) is 4.33. The van der Waals surface area contributed by atoms with Crippen LogP contribution < -0.4 is 10.2 Å². The van der Waals surface area contributed by atoms with Gasteiger partial charge < -0.3 is 10.2 Å². The van der Waals surface area contributed by atoms with Crippen LogP contribution in [0.25, 0.3) is 0 Å². The molecule has 4 nitrogen and oxygen atoms in total. The lowest BCUT2D eigenvalue weighted by atomic mass is 10.1. The van der Waals surface area contributed by atoms with E-state index in [-0.39, 0.29) is 24.1 Å². The third kappa shape index (κ3) is 5.47. The van der Waals surface area contributed by atoms with Gasteiger partial charge in [0.1, 0.15) is 11.6 Å². The molecule has 0 radical (unpaired) electrons. The molecular weight excluding hydrogens is 396 g/mol. The molecule has 0 aromatic heterocycles. The van der Waals surface area contributed by atoms with Crippen molar-refractivity contribution in [2.75, 3.05) is 31.1 Å². The van der Waals surface area contributed by atoms with Crippen LogP contribution in [0.4, 0.5) is 14.5 Å². The number of hydrogen-bond donors (Lipinski definition) is 1. The quantitative estimate of drug-likeness (QED) is 0.648. The summed E-state index contributed by atoms with van der Waals surface area (Å²) in [7, 11) is 0. The van der Waals surface area contributed by atoms with Crippen molar-refractivity contribution in [2.24, 2.45) is 0 Å². The van der Waals surface area contributed by atoms with Gasteiger partial charge in [-0.15, -0.1) is 0 Å². The molecule has 0 saturated carbocycles. The molecule has 1 heterocycles. The molecular formula is C25H25F2N3O. The first kappa shape index (κ1) is 21.0. The lowest BCUT2D eigenvalue weighted by Gasteiger charge is -2.36. The molecule has 1 fully saturated rings. The summed E-state index contributed by atoms with van der Waals surface area (Å²) >= 11 is 0. The number of benzene rings is 3. The Labute approximate surface area is 181 Å². The molecule has 3 aromatic carbocycles. The summed E-state index contributed by atoms with van der Waals surface area (Å²) in [4.78, 5) is 16.8. The number of hydrogen-bond acceptors (Lipinski definition) is 3. The van der Waals surface area contributed by atoms with Gasteiger partial charge in [-0.3, -0.25) is 9.69 Å². The Hall–Kier alpha value is -3.25. The lowest BCUT2D eigenvalue weighted by molar-refractivity contribution is 0.0951. The van der Waals surface area contributed by atoms with E-state index in [1.54, 1.807) is 18.2 Å². The van der Waals surface area contributed by atoms with Crippen LogP contribution in [-0.4, -0.2) is 37.0 Å². The number of halogens is 2. The van der Waals surface area contributed by atoms with Crippen molar-refractivity contribution in [3.63, 3.8) is 0 Å². The van der Waals surface area contributed by atoms with Crippen LogP contribution in [0.5, 0.6) is 0 Å². The van der Waals surface area contributed by atoms with Crippen LogP contribution in [0, 0.1) is 11.6 Å². The van der Waals surface area contributed by atoms with E-state index in [4.69, 9.17) is 0 Å². The Balaban J connectivity index is 1.27. The first-order valence-corrected chi connectivity index (χ1v) is 10.4. The molecule has 1 N–H and O–H groups in total. The second kappa shape index (κ2) is 9.71. The van der Waals surface area contributed by atoms with Gasteiger partial charge in [-0.2, -0.15) is 0 Å². The number of anilines is 1. The van der Waals surface area contributed by atoms with Crippen LogP contribution in [0.1, 0.15) is 21.5 Å². The Bertz CT molecular complexity index is 1030. The predicted octanol–water partition coefficient (Wildman–Crippen LogP) is 4.22. The van der Waals surface area contributed by atoms with Crippen LogP contribution >= 0.6 is 0 Å². The molecule has 0 bridgehead atoms. The molecule has 160 valence electrons. The molecule has 31 heavy (non-hydrogen) atoms. The zero-order chi connectivity index (χ0) is 21.6. The summed E-state index contributed by atoms with van der Waals surface area (Å²) in [5.41, 5.74) is 3.08. The Morgan fingerprint density at radius 3 is 2.29 bits per heavy atom. The van der Waals surface area contributed by atoms with Gasteiger partial charge in [0.05, 0.1) is 5.69 Å². The van der Waals surface area contributed by atoms with Gasteiger partial charge in [0.25, 0.3) is 5.91 Å². The molecule has 1 saturated heterocycles. The third-order valence-corrected chi connectivity index (χ3v) is 5.53. The van der Waals surface area contributed by atoms with E-state index in [9.17, 15) is 13.6 Å². The minimum Gasteiger partial charge on any atom is -0.367 e. The minimum absolute atomic E-state index is 0.179. The second-order valence-corrected chi connectivity index (χ2v) is 7.72. The van der Waals surface area contributed by atoms with E-state index in [1.807, 2.05) is 36.4 Å². The molecule has 3 aromatic rings. The molecule has 1 aliphatic heterocycles. The Kier molecular flexibility index (Phi) is 6.57. The zero-order valence-electron chi connectivity index (χ0n) is 17.2. The largest absolute Gasteiger partial charge is 0.367 e. The van der Waals surface area contributed by atoms with Crippen molar-refractivity contribution in [1.29, 1.82) is 0 Å². The summed E-state index contributed by atoms with van der Waals surface area (Å²) in [5.74, 6) is -0.678. The molecule has 1 aliphatic rings. The smallest absolute Gasteiger partial charge is 0.251 e. The highest BCUT2D eigenvalue weighted by molar-refractivity contribution is 5.94. The molecule has 0 aliphatic carbocycles. The van der Waals surface area contributed by atoms with Crippen LogP contribution in [0.15, 0.2) is 72.8 Å². The van der Waals surface area contributed by atoms with E-state index in [2.05, 4.69) is 15.1 Å². The first-order valence-electron chi connectivity index (χ1n) is 10.4. The highest BCUT2D eigenvalue weighted by atomic mass is 19.1. The van der Waals surface area contributed by atoms with E-state index >= 15 is 0 Å². The van der Waals surface area contributed by atoms with Gasteiger partial charge in [0.15, 0.2) is 0 Å². The predicted molar refractivity (Wildman–Crippen MR) is 118 cm³/mol. The zero-order valence-corrected chi connectivity index (χ0v) is 17.2. The van der Waals surface area contributed by atoms with Gasteiger partial charge in [-0.05, 0) is 47.5 Å². The molecule has 6 heteroatoms. The van der Waals surface area contributed by atoms with E-state index in [0.717, 1.165) is 43.9 Å². The van der Waals surface area contributed by atoms with Gasteiger partial charge >= 0.3 is 0 Å². The van der Waals surface area contributed by atoms with Gasteiger partial charge in [-0.1, -0.05) is 36.4 Å². The maximum Gasteiger partial charge on any atom is 0.251 e. The first-order chi connectivity index (χ1) is 15.1. The van der Waals surface area contributed by atoms with Crippen LogP contribution in [-0.2, 0) is 13.1 Å². The number of amides is 1. The third-order valence-electron chi connectivity index (χ3n) is 5.53. The number of carbonyl (C=O) groups is 1. The molecule has 4 rings (SSSR count). The van der Waals surface area contributed by atoms with Crippen molar-refractivity contribution in [3.8, 4) is 0 Å². The van der Waals surface area contributed by atoms with Crippen molar-refractivity contribution in [3.05, 3.63) is 101 Å². The molecule has 0 unspecified atom stereocenters. The number of piperazine rings is 1. The highest BCUT2D eigenvalue weighted by Gasteiger charge is 2.19. The summed E-state index contributed by atoms with van der Waals surface area (Å²) < 4.78 is 27.2. The standard InChI is InChI=1S/C25H25F2N3O/c26-22-5-3-4-20(16-22)17-28-25(31)21-10-8-19(9-11-21)18-29-12-14-30(15-13-29)24-7-2-1-6-23(24)27/h1-11,16H,12-15,17-18H2,(H,28,31). The average Bonchev–Trinajstić information content (AvgIpc) is 2.79. The lowest BCUT2D eigenvalue weighted by Crippen LogP contribution is -2.46. The molecule has 1 amide bonds. The Morgan fingerprint density at radius 2 is 1.58 bits per heavy atom. The summed E-state index contributed by atoms with van der Waals surface area (Å²) in [6.07, 6.45) is 0. The number of nitrogens with one attached hydrogen (secondary N) is 1. The number of nitrogens with zero attached hydrogens (tertiary/aromatic N) is 2. The monoisotopic (exact) mass is 421 g/mol. The van der Waals surface area contributed by atoms with Crippen molar-refractivity contribution >= 4 is 11.6 Å². The number of para-hydroxylation sites is 1. The second-order valence-electron chi connectivity index (χ2n) is 7.72. The fraction of sp³-hybridized carbons (Fsp3) is 0.240. The highest BCUT2D eigenvalue weighted by Crippen LogP contribution is 2.21. The van der Waals surface area contributed by atoms with Gasteiger partial charge in [0, 0.05) is 44.8 Å². The fourth-order valence-electron chi connectivity index (χ4n) is 3.81. The van der Waals surface area contributed by atoms with Crippen molar-refractivity contribution in [1.82, 2.24) is 10.2 Å². The normalized spacial score (nSPS) is 14.5. The fourth-order valence-corrected chi connectivity index (χ4v) is 3.81. The molecule has 0 spiro atoms. The topological polar surface area (TPSA) is 35.6 Å². The van der Waals surface area contributed by atoms with Crippen molar-refractivity contribution < 1.29 is 13.6 Å². The average molecular weight is 421 g/mol. The van der Waals surface area contributed by atoms with Crippen LogP contribution in [0.3, 0.4) is 0 Å². The maximum atomic E-state index is 14.0. The summed E-state index contributed by atoms with van der Waals surface area (Å²) in [6, 6.07) is 20.6. The SMILES string of the molecule is O=C(NCc1cccc(F)c1)c1ccc(CN2CCN(c3ccccc3F)CC2)cc1.